The van der Waals surface area contributed by atoms with E-state index in [4.69, 9.17) is 9.47 Å². The van der Waals surface area contributed by atoms with Gasteiger partial charge in [-0.1, -0.05) is 0 Å². The lowest BCUT2D eigenvalue weighted by Gasteiger charge is -2.13. The van der Waals surface area contributed by atoms with Crippen LogP contribution in [0.1, 0.15) is 6.42 Å². The van der Waals surface area contributed by atoms with Crippen molar-refractivity contribution in [2.75, 3.05) is 40.9 Å². The monoisotopic (exact) mass is 314 g/mol. The molecule has 1 fully saturated rings. The molecule has 1 N–H and O–H groups in total. The molecule has 118 valence electrons. The zero-order valence-electron chi connectivity index (χ0n) is 12.6. The van der Waals surface area contributed by atoms with Crippen molar-refractivity contribution in [3.63, 3.8) is 0 Å². The van der Waals surface area contributed by atoms with Crippen molar-refractivity contribution in [3.8, 4) is 11.5 Å². The van der Waals surface area contributed by atoms with Gasteiger partial charge in [-0.2, -0.15) is 0 Å². The first-order valence-corrected chi connectivity index (χ1v) is 8.35. The Kier molecular flexibility index (Phi) is 5.08. The molecule has 7 heteroatoms. The number of methoxy groups -OCH3 is 2. The molecule has 1 unspecified atom stereocenters. The molecule has 1 saturated heterocycles. The predicted molar refractivity (Wildman–Crippen MR) is 80.3 cm³/mol. The van der Waals surface area contributed by atoms with Crippen LogP contribution in [0.3, 0.4) is 0 Å². The number of sulfonamides is 1. The SMILES string of the molecule is COc1ccc(S(=O)(=O)NCC2CCN(C)C2)cc1OC. The third-order valence-electron chi connectivity index (χ3n) is 3.72. The maximum atomic E-state index is 12.3. The summed E-state index contributed by atoms with van der Waals surface area (Å²) in [5.41, 5.74) is 0. The van der Waals surface area contributed by atoms with Crippen molar-refractivity contribution in [2.24, 2.45) is 5.92 Å². The first kappa shape index (κ1) is 16.1. The summed E-state index contributed by atoms with van der Waals surface area (Å²) < 4.78 is 37.6. The highest BCUT2D eigenvalue weighted by molar-refractivity contribution is 7.89. The van der Waals surface area contributed by atoms with E-state index in [2.05, 4.69) is 9.62 Å². The predicted octanol–water partition coefficient (Wildman–Crippen LogP) is 0.934. The molecular formula is C14H22N2O4S. The fraction of sp³-hybridized carbons (Fsp3) is 0.571. The fourth-order valence-corrected chi connectivity index (χ4v) is 3.62. The minimum atomic E-state index is -3.53. The highest BCUT2D eigenvalue weighted by Gasteiger charge is 2.23. The van der Waals surface area contributed by atoms with Gasteiger partial charge in [-0.3, -0.25) is 0 Å². The molecule has 21 heavy (non-hydrogen) atoms. The molecule has 1 aliphatic rings. The van der Waals surface area contributed by atoms with Gasteiger partial charge in [0.2, 0.25) is 10.0 Å². The maximum Gasteiger partial charge on any atom is 0.240 e. The van der Waals surface area contributed by atoms with E-state index < -0.39 is 10.0 Å². The summed E-state index contributed by atoms with van der Waals surface area (Å²) in [7, 11) is 1.51. The molecule has 1 heterocycles. The average molecular weight is 314 g/mol. The van der Waals surface area contributed by atoms with E-state index >= 15 is 0 Å². The molecular weight excluding hydrogens is 292 g/mol. The molecule has 2 rings (SSSR count). The van der Waals surface area contributed by atoms with Crippen molar-refractivity contribution in [3.05, 3.63) is 18.2 Å². The minimum Gasteiger partial charge on any atom is -0.493 e. The van der Waals surface area contributed by atoms with Gasteiger partial charge in [-0.15, -0.1) is 0 Å². The van der Waals surface area contributed by atoms with Crippen LogP contribution in [-0.4, -0.2) is 54.2 Å². The maximum absolute atomic E-state index is 12.3. The fourth-order valence-electron chi connectivity index (χ4n) is 2.49. The molecule has 1 aromatic carbocycles. The number of benzene rings is 1. The molecule has 1 aliphatic heterocycles. The molecule has 0 aliphatic carbocycles. The molecule has 6 nitrogen and oxygen atoms in total. The Labute approximate surface area is 126 Å². The average Bonchev–Trinajstić information content (AvgIpc) is 2.90. The second kappa shape index (κ2) is 6.64. The summed E-state index contributed by atoms with van der Waals surface area (Å²) >= 11 is 0. The smallest absolute Gasteiger partial charge is 0.240 e. The van der Waals surface area contributed by atoms with E-state index in [1.807, 2.05) is 7.05 Å². The van der Waals surface area contributed by atoms with E-state index in [-0.39, 0.29) is 4.90 Å². The van der Waals surface area contributed by atoms with Crippen LogP contribution in [0.15, 0.2) is 23.1 Å². The minimum absolute atomic E-state index is 0.187. The van der Waals surface area contributed by atoms with Crippen molar-refractivity contribution in [1.29, 1.82) is 0 Å². The number of rotatable bonds is 6. The van der Waals surface area contributed by atoms with Crippen LogP contribution in [0, 0.1) is 5.92 Å². The van der Waals surface area contributed by atoms with E-state index in [1.54, 1.807) is 6.07 Å². The highest BCUT2D eigenvalue weighted by atomic mass is 32.2. The molecule has 0 radical (unpaired) electrons. The number of nitrogens with one attached hydrogen (secondary N) is 1. The molecule has 0 saturated carbocycles. The first-order chi connectivity index (χ1) is 9.96. The van der Waals surface area contributed by atoms with Gasteiger partial charge in [0.15, 0.2) is 11.5 Å². The zero-order valence-corrected chi connectivity index (χ0v) is 13.4. The van der Waals surface area contributed by atoms with E-state index in [0.717, 1.165) is 19.5 Å². The normalized spacial score (nSPS) is 19.7. The van der Waals surface area contributed by atoms with Gasteiger partial charge in [0.05, 0.1) is 19.1 Å². The van der Waals surface area contributed by atoms with Crippen LogP contribution < -0.4 is 14.2 Å². The third kappa shape index (κ3) is 3.87. The van der Waals surface area contributed by atoms with Gasteiger partial charge in [-0.05, 0) is 38.1 Å². The summed E-state index contributed by atoms with van der Waals surface area (Å²) in [5, 5.41) is 0. The van der Waals surface area contributed by atoms with Crippen LogP contribution in [0.2, 0.25) is 0 Å². The van der Waals surface area contributed by atoms with Crippen LogP contribution in [0.25, 0.3) is 0 Å². The van der Waals surface area contributed by atoms with E-state index in [0.29, 0.717) is 24.0 Å². The Balaban J connectivity index is 2.08. The van der Waals surface area contributed by atoms with Crippen LogP contribution in [0.5, 0.6) is 11.5 Å². The van der Waals surface area contributed by atoms with Gasteiger partial charge in [0, 0.05) is 19.2 Å². The van der Waals surface area contributed by atoms with Crippen molar-refractivity contribution >= 4 is 10.0 Å². The van der Waals surface area contributed by atoms with Crippen LogP contribution >= 0.6 is 0 Å². The Morgan fingerprint density at radius 3 is 2.57 bits per heavy atom. The molecule has 1 atom stereocenters. The summed E-state index contributed by atoms with van der Waals surface area (Å²) in [4.78, 5) is 2.39. The molecule has 0 spiro atoms. The van der Waals surface area contributed by atoms with Gasteiger partial charge in [-0.25, -0.2) is 13.1 Å². The summed E-state index contributed by atoms with van der Waals surface area (Å²) in [5.74, 6) is 1.28. The second-order valence-electron chi connectivity index (χ2n) is 5.29. The van der Waals surface area contributed by atoms with Crippen LogP contribution in [0.4, 0.5) is 0 Å². The number of hydrogen-bond acceptors (Lipinski definition) is 5. The molecule has 0 amide bonds. The number of ether oxygens (including phenoxy) is 2. The molecule has 0 aromatic heterocycles. The lowest BCUT2D eigenvalue weighted by Crippen LogP contribution is -2.30. The van der Waals surface area contributed by atoms with Gasteiger partial charge >= 0.3 is 0 Å². The largest absolute Gasteiger partial charge is 0.493 e. The summed E-state index contributed by atoms with van der Waals surface area (Å²) in [6, 6.07) is 4.59. The summed E-state index contributed by atoms with van der Waals surface area (Å²) in [6.07, 6.45) is 1.02. The lowest BCUT2D eigenvalue weighted by atomic mass is 10.1. The number of hydrogen-bond donors (Lipinski definition) is 1. The van der Waals surface area contributed by atoms with Crippen LogP contribution in [-0.2, 0) is 10.0 Å². The second-order valence-corrected chi connectivity index (χ2v) is 7.05. The quantitative estimate of drug-likeness (QED) is 0.846. The van der Waals surface area contributed by atoms with Crippen molar-refractivity contribution in [1.82, 2.24) is 9.62 Å². The standard InChI is InChI=1S/C14H22N2O4S/c1-16-7-6-11(10-16)9-15-21(17,18)12-4-5-13(19-2)14(8-12)20-3/h4-5,8,11,15H,6-7,9-10H2,1-3H3. The number of nitrogens with zero attached hydrogens (tertiary/aromatic N) is 1. The highest BCUT2D eigenvalue weighted by Crippen LogP contribution is 2.29. The topological polar surface area (TPSA) is 67.9 Å². The Morgan fingerprint density at radius 1 is 1.29 bits per heavy atom. The Morgan fingerprint density at radius 2 is 2.00 bits per heavy atom. The van der Waals surface area contributed by atoms with Gasteiger partial charge in [0.25, 0.3) is 0 Å². The molecule has 0 bridgehead atoms. The Hall–Kier alpha value is -1.31. The van der Waals surface area contributed by atoms with Gasteiger partial charge < -0.3 is 14.4 Å². The number of likely N-dealkylation sites (tertiary alicyclic amines) is 1. The summed E-state index contributed by atoms with van der Waals surface area (Å²) in [6.45, 7) is 2.40. The third-order valence-corrected chi connectivity index (χ3v) is 5.14. The van der Waals surface area contributed by atoms with Crippen molar-refractivity contribution < 1.29 is 17.9 Å². The van der Waals surface area contributed by atoms with E-state index in [9.17, 15) is 8.42 Å². The first-order valence-electron chi connectivity index (χ1n) is 6.86. The van der Waals surface area contributed by atoms with Crippen molar-refractivity contribution in [2.45, 2.75) is 11.3 Å². The molecule has 1 aromatic rings. The van der Waals surface area contributed by atoms with Gasteiger partial charge in [0.1, 0.15) is 0 Å². The Bertz CT molecular complexity index is 589. The lowest BCUT2D eigenvalue weighted by molar-refractivity contribution is 0.354. The van der Waals surface area contributed by atoms with E-state index in [1.165, 1.54) is 26.4 Å². The zero-order chi connectivity index (χ0) is 15.5.